The Morgan fingerprint density at radius 3 is 2.14 bits per heavy atom. The number of anilines is 1. The normalized spacial score (nSPS) is 14.5. The fourth-order valence-electron chi connectivity index (χ4n) is 2.81. The van der Waals surface area contributed by atoms with Gasteiger partial charge < -0.3 is 4.90 Å². The van der Waals surface area contributed by atoms with E-state index in [4.69, 9.17) is 0 Å². The third-order valence-electron chi connectivity index (χ3n) is 4.40. The Morgan fingerprint density at radius 1 is 0.893 bits per heavy atom. The van der Waals surface area contributed by atoms with Crippen LogP contribution in [0, 0.1) is 12.7 Å². The van der Waals surface area contributed by atoms with Crippen molar-refractivity contribution in [3.8, 4) is 0 Å². The standard InChI is InChI=1S/C15H18N2S2.C7H7FS/c1-13-4-6-14(7-5-13)16-8-10-17(11-9-16)19-15-3-2-12-18-15;1-9-7-4-2-6(8)3-5-7/h2-7,12H,8-11H2,1H3;2-5H,1H3. The van der Waals surface area contributed by atoms with Gasteiger partial charge in [-0.1, -0.05) is 23.8 Å². The molecule has 0 atom stereocenters. The summed E-state index contributed by atoms with van der Waals surface area (Å²) < 4.78 is 16.1. The first-order chi connectivity index (χ1) is 13.6. The Morgan fingerprint density at radius 2 is 1.57 bits per heavy atom. The lowest BCUT2D eigenvalue weighted by Crippen LogP contribution is -2.43. The van der Waals surface area contributed by atoms with Crippen LogP contribution in [0.1, 0.15) is 5.56 Å². The Hall–Kier alpha value is -1.47. The smallest absolute Gasteiger partial charge is 0.123 e. The Balaban J connectivity index is 0.000000211. The summed E-state index contributed by atoms with van der Waals surface area (Å²) in [6.45, 7) is 6.61. The minimum atomic E-state index is -0.173. The highest BCUT2D eigenvalue weighted by atomic mass is 32.2. The van der Waals surface area contributed by atoms with Gasteiger partial charge >= 0.3 is 0 Å². The maximum absolute atomic E-state index is 12.2. The van der Waals surface area contributed by atoms with E-state index in [0.29, 0.717) is 0 Å². The van der Waals surface area contributed by atoms with Gasteiger partial charge in [-0.05, 0) is 73.0 Å². The number of piperazine rings is 1. The first-order valence-corrected chi connectivity index (χ1v) is 12.1. The monoisotopic (exact) mass is 432 g/mol. The molecule has 1 aromatic heterocycles. The van der Waals surface area contributed by atoms with Crippen molar-refractivity contribution < 1.29 is 4.39 Å². The van der Waals surface area contributed by atoms with Gasteiger partial charge in [0.15, 0.2) is 0 Å². The van der Waals surface area contributed by atoms with Crippen LogP contribution in [0.2, 0.25) is 0 Å². The van der Waals surface area contributed by atoms with E-state index in [1.165, 1.54) is 27.6 Å². The zero-order valence-corrected chi connectivity index (χ0v) is 18.6. The molecule has 0 amide bonds. The van der Waals surface area contributed by atoms with Crippen LogP contribution in [-0.2, 0) is 0 Å². The number of aryl methyl sites for hydroxylation is 1. The number of nitrogens with zero attached hydrogens (tertiary/aromatic N) is 2. The van der Waals surface area contributed by atoms with Gasteiger partial charge in [-0.3, -0.25) is 0 Å². The van der Waals surface area contributed by atoms with E-state index < -0.39 is 0 Å². The van der Waals surface area contributed by atoms with Gasteiger partial charge in [0.1, 0.15) is 5.82 Å². The van der Waals surface area contributed by atoms with Crippen LogP contribution < -0.4 is 4.90 Å². The fourth-order valence-corrected chi connectivity index (χ4v) is 5.06. The van der Waals surface area contributed by atoms with Gasteiger partial charge in [-0.15, -0.1) is 23.1 Å². The number of thiophene rings is 1. The zero-order valence-electron chi connectivity index (χ0n) is 16.2. The summed E-state index contributed by atoms with van der Waals surface area (Å²) in [5, 5.41) is 2.14. The second kappa shape index (κ2) is 10.9. The Kier molecular flexibility index (Phi) is 8.27. The zero-order chi connectivity index (χ0) is 19.8. The highest BCUT2D eigenvalue weighted by Crippen LogP contribution is 2.28. The van der Waals surface area contributed by atoms with Crippen LogP contribution >= 0.6 is 35.0 Å². The van der Waals surface area contributed by atoms with Crippen LogP contribution in [0.4, 0.5) is 10.1 Å². The highest BCUT2D eigenvalue weighted by Gasteiger charge is 2.18. The van der Waals surface area contributed by atoms with Crippen LogP contribution in [0.3, 0.4) is 0 Å². The molecule has 0 radical (unpaired) electrons. The minimum Gasteiger partial charge on any atom is -0.369 e. The molecule has 0 bridgehead atoms. The summed E-state index contributed by atoms with van der Waals surface area (Å²) in [6, 6.07) is 19.6. The van der Waals surface area contributed by atoms with E-state index in [-0.39, 0.29) is 5.82 Å². The molecule has 1 aliphatic rings. The van der Waals surface area contributed by atoms with Crippen molar-refractivity contribution in [2.24, 2.45) is 0 Å². The van der Waals surface area contributed by atoms with Gasteiger partial charge in [0.25, 0.3) is 0 Å². The molecule has 6 heteroatoms. The summed E-state index contributed by atoms with van der Waals surface area (Å²) in [4.78, 5) is 3.57. The number of hydrogen-bond donors (Lipinski definition) is 0. The average Bonchev–Trinajstić information content (AvgIpc) is 3.23. The molecular weight excluding hydrogens is 407 g/mol. The first kappa shape index (κ1) is 21.2. The van der Waals surface area contributed by atoms with E-state index in [1.807, 2.05) is 29.5 Å². The van der Waals surface area contributed by atoms with Gasteiger partial charge in [0.2, 0.25) is 0 Å². The van der Waals surface area contributed by atoms with Crippen molar-refractivity contribution in [1.82, 2.24) is 4.31 Å². The van der Waals surface area contributed by atoms with E-state index in [0.717, 1.165) is 31.1 Å². The molecule has 4 rings (SSSR count). The van der Waals surface area contributed by atoms with Crippen molar-refractivity contribution >= 4 is 40.7 Å². The number of halogens is 1. The van der Waals surface area contributed by atoms with Crippen LogP contribution in [-0.4, -0.2) is 36.7 Å². The quantitative estimate of drug-likeness (QED) is 0.346. The summed E-state index contributed by atoms with van der Waals surface area (Å²) in [6.07, 6.45) is 1.97. The lowest BCUT2D eigenvalue weighted by Gasteiger charge is -2.35. The second-order valence-corrected chi connectivity index (χ2v) is 9.66. The Labute approximate surface area is 179 Å². The van der Waals surface area contributed by atoms with Crippen molar-refractivity contribution in [3.63, 3.8) is 0 Å². The highest BCUT2D eigenvalue weighted by molar-refractivity contribution is 7.99. The van der Waals surface area contributed by atoms with E-state index in [2.05, 4.69) is 57.9 Å². The van der Waals surface area contributed by atoms with Crippen molar-refractivity contribution in [1.29, 1.82) is 0 Å². The molecule has 2 heterocycles. The third-order valence-corrected chi connectivity index (χ3v) is 7.26. The second-order valence-electron chi connectivity index (χ2n) is 6.43. The summed E-state index contributed by atoms with van der Waals surface area (Å²) in [5.41, 5.74) is 2.68. The van der Waals surface area contributed by atoms with Crippen LogP contribution in [0.25, 0.3) is 0 Å². The molecule has 3 aromatic rings. The number of thioether (sulfide) groups is 1. The number of rotatable bonds is 4. The average molecular weight is 433 g/mol. The lowest BCUT2D eigenvalue weighted by molar-refractivity contribution is 0.430. The van der Waals surface area contributed by atoms with E-state index in [9.17, 15) is 4.39 Å². The van der Waals surface area contributed by atoms with Crippen LogP contribution in [0.5, 0.6) is 0 Å². The molecule has 0 unspecified atom stereocenters. The van der Waals surface area contributed by atoms with Gasteiger partial charge in [0, 0.05) is 36.8 Å². The van der Waals surface area contributed by atoms with Crippen molar-refractivity contribution in [3.05, 3.63) is 77.4 Å². The molecule has 2 nitrogen and oxygen atoms in total. The van der Waals surface area contributed by atoms with Crippen molar-refractivity contribution in [2.75, 3.05) is 37.3 Å². The predicted molar refractivity (Wildman–Crippen MR) is 123 cm³/mol. The SMILES string of the molecule is CSc1ccc(F)cc1.Cc1ccc(N2CCN(Sc3cccs3)CC2)cc1. The molecule has 2 aromatic carbocycles. The minimum absolute atomic E-state index is 0.173. The van der Waals surface area contributed by atoms with E-state index in [1.54, 1.807) is 23.9 Å². The van der Waals surface area contributed by atoms with Gasteiger partial charge in [0.05, 0.1) is 4.21 Å². The molecule has 28 heavy (non-hydrogen) atoms. The number of hydrogen-bond acceptors (Lipinski definition) is 5. The maximum atomic E-state index is 12.2. The number of benzene rings is 2. The topological polar surface area (TPSA) is 6.48 Å². The molecule has 1 saturated heterocycles. The molecule has 0 aliphatic carbocycles. The molecule has 1 fully saturated rings. The lowest BCUT2D eigenvalue weighted by atomic mass is 10.2. The van der Waals surface area contributed by atoms with Crippen molar-refractivity contribution in [2.45, 2.75) is 16.0 Å². The molecule has 1 aliphatic heterocycles. The summed E-state index contributed by atoms with van der Waals surface area (Å²) >= 11 is 5.33. The van der Waals surface area contributed by atoms with Gasteiger partial charge in [-0.25, -0.2) is 8.70 Å². The maximum Gasteiger partial charge on any atom is 0.123 e. The predicted octanol–water partition coefficient (Wildman–Crippen LogP) is 6.43. The molecule has 0 N–H and O–H groups in total. The largest absolute Gasteiger partial charge is 0.369 e. The molecule has 148 valence electrons. The van der Waals surface area contributed by atoms with E-state index >= 15 is 0 Å². The molecular formula is C22H25FN2S3. The van der Waals surface area contributed by atoms with Crippen LogP contribution in [0.15, 0.2) is 75.1 Å². The summed E-state index contributed by atoms with van der Waals surface area (Å²) in [5.74, 6) is -0.173. The molecule has 0 spiro atoms. The van der Waals surface area contributed by atoms with Gasteiger partial charge in [-0.2, -0.15) is 0 Å². The third kappa shape index (κ3) is 6.55. The fraction of sp³-hybridized carbons (Fsp3) is 0.273. The summed E-state index contributed by atoms with van der Waals surface area (Å²) in [7, 11) is 0. The molecule has 0 saturated carbocycles. The first-order valence-electron chi connectivity index (χ1n) is 9.21. The Bertz CT molecular complexity index is 812.